The van der Waals surface area contributed by atoms with E-state index in [1.54, 1.807) is 16.7 Å². The highest BCUT2D eigenvalue weighted by Crippen LogP contribution is 2.54. The van der Waals surface area contributed by atoms with Crippen LogP contribution in [0.3, 0.4) is 0 Å². The van der Waals surface area contributed by atoms with Crippen molar-refractivity contribution < 1.29 is 0 Å². The smallest absolute Gasteiger partial charge is 0.00496 e. The number of hydrogen-bond acceptors (Lipinski definition) is 0. The van der Waals surface area contributed by atoms with Crippen molar-refractivity contribution >= 4 is 0 Å². The van der Waals surface area contributed by atoms with E-state index in [-0.39, 0.29) is 32.5 Å². The first-order valence-corrected chi connectivity index (χ1v) is 12.0. The highest BCUT2D eigenvalue weighted by Gasteiger charge is 2.46. The van der Waals surface area contributed by atoms with E-state index in [1.807, 2.05) is 0 Å². The summed E-state index contributed by atoms with van der Waals surface area (Å²) >= 11 is 0. The number of rotatable bonds is 3. The van der Waals surface area contributed by atoms with Crippen LogP contribution in [0.4, 0.5) is 0 Å². The van der Waals surface area contributed by atoms with Crippen molar-refractivity contribution in [3.8, 4) is 0 Å². The van der Waals surface area contributed by atoms with E-state index in [9.17, 15) is 0 Å². The largest absolute Gasteiger partial charge is 0.0593 e. The van der Waals surface area contributed by atoms with E-state index >= 15 is 0 Å². The van der Waals surface area contributed by atoms with E-state index in [0.717, 1.165) is 0 Å². The van der Waals surface area contributed by atoms with Gasteiger partial charge in [-0.2, -0.15) is 0 Å². The average Bonchev–Trinajstić information content (AvgIpc) is 2.41. The molecule has 0 heterocycles. The van der Waals surface area contributed by atoms with Crippen LogP contribution >= 0.6 is 0 Å². The lowest BCUT2D eigenvalue weighted by Crippen LogP contribution is -2.42. The third-order valence-corrected chi connectivity index (χ3v) is 9.75. The Hall–Kier alpha value is -0.780. The first kappa shape index (κ1) is 27.3. The molecule has 1 rings (SSSR count). The maximum absolute atomic E-state index is 2.46. The van der Waals surface area contributed by atoms with Gasteiger partial charge in [-0.15, -0.1) is 0 Å². The van der Waals surface area contributed by atoms with Crippen molar-refractivity contribution in [1.82, 2.24) is 0 Å². The quantitative estimate of drug-likeness (QED) is 0.461. The van der Waals surface area contributed by atoms with Crippen LogP contribution in [-0.4, -0.2) is 0 Å². The van der Waals surface area contributed by atoms with Crippen molar-refractivity contribution in [2.24, 2.45) is 16.2 Å². The van der Waals surface area contributed by atoms with E-state index in [4.69, 9.17) is 0 Å². The van der Waals surface area contributed by atoms with Crippen LogP contribution in [0.2, 0.25) is 0 Å². The standard InChI is InChI=1S/C30H54/c1-19-22(28(13,14)25(4,5)6)20(2)24(30(17,18)27(10,11)12)21(3)23(19)29(15,16)26(7,8)9/h1-18H3. The second kappa shape index (κ2) is 7.38. The normalized spacial score (nSPS) is 15.0. The van der Waals surface area contributed by atoms with Crippen LogP contribution in [0.25, 0.3) is 0 Å². The Morgan fingerprint density at radius 1 is 0.300 bits per heavy atom. The topological polar surface area (TPSA) is 0 Å². The molecule has 0 radical (unpaired) electrons. The molecule has 0 heteroatoms. The van der Waals surface area contributed by atoms with Gasteiger partial charge in [0.25, 0.3) is 0 Å². The van der Waals surface area contributed by atoms with E-state index < -0.39 is 0 Å². The highest BCUT2D eigenvalue weighted by atomic mass is 14.5. The second-order valence-corrected chi connectivity index (χ2v) is 14.6. The van der Waals surface area contributed by atoms with E-state index in [2.05, 4.69) is 125 Å². The van der Waals surface area contributed by atoms with Crippen molar-refractivity contribution in [3.05, 3.63) is 33.4 Å². The maximum Gasteiger partial charge on any atom is -0.00496 e. The fourth-order valence-electron chi connectivity index (χ4n) is 5.16. The third-order valence-electron chi connectivity index (χ3n) is 9.75. The first-order valence-electron chi connectivity index (χ1n) is 12.0. The summed E-state index contributed by atoms with van der Waals surface area (Å²) in [6.45, 7) is 43.5. The Morgan fingerprint density at radius 2 is 0.433 bits per heavy atom. The van der Waals surface area contributed by atoms with Gasteiger partial charge in [-0.25, -0.2) is 0 Å². The molecule has 0 bridgehead atoms. The van der Waals surface area contributed by atoms with Gasteiger partial charge in [-0.05, 0) is 86.6 Å². The van der Waals surface area contributed by atoms with Gasteiger partial charge in [-0.3, -0.25) is 0 Å². The van der Waals surface area contributed by atoms with Crippen LogP contribution in [0.15, 0.2) is 0 Å². The zero-order valence-corrected chi connectivity index (χ0v) is 24.0. The summed E-state index contributed by atoms with van der Waals surface area (Å²) in [6.07, 6.45) is 0. The molecule has 1 aromatic carbocycles. The molecule has 0 fully saturated rings. The summed E-state index contributed by atoms with van der Waals surface area (Å²) in [5.74, 6) is 0. The zero-order chi connectivity index (χ0) is 24.5. The molecule has 0 spiro atoms. The summed E-state index contributed by atoms with van der Waals surface area (Å²) in [5, 5.41) is 0. The Labute approximate surface area is 190 Å². The van der Waals surface area contributed by atoms with Gasteiger partial charge in [0.15, 0.2) is 0 Å². The predicted octanol–water partition coefficient (Wildman–Crippen LogP) is 9.58. The molecule has 174 valence electrons. The minimum atomic E-state index is 0.0697. The third kappa shape index (κ3) is 4.02. The van der Waals surface area contributed by atoms with Crippen LogP contribution in [0, 0.1) is 37.0 Å². The molecular formula is C30H54. The summed E-state index contributed by atoms with van der Waals surface area (Å²) in [4.78, 5) is 0. The van der Waals surface area contributed by atoms with Crippen LogP contribution < -0.4 is 0 Å². The summed E-state index contributed by atoms with van der Waals surface area (Å²) in [5.41, 5.74) is 9.97. The molecule has 0 aromatic heterocycles. The summed E-state index contributed by atoms with van der Waals surface area (Å²) < 4.78 is 0. The molecule has 0 aliphatic carbocycles. The van der Waals surface area contributed by atoms with Gasteiger partial charge in [0.2, 0.25) is 0 Å². The first-order chi connectivity index (χ1) is 12.8. The molecule has 0 unspecified atom stereocenters. The molecule has 0 N–H and O–H groups in total. The minimum Gasteiger partial charge on any atom is -0.0593 e. The molecule has 0 amide bonds. The molecule has 1 aromatic rings. The Balaban J connectivity index is 4.40. The lowest BCUT2D eigenvalue weighted by molar-refractivity contribution is 0.205. The molecule has 30 heavy (non-hydrogen) atoms. The average molecular weight is 415 g/mol. The minimum absolute atomic E-state index is 0.0697. The van der Waals surface area contributed by atoms with Gasteiger partial charge in [0, 0.05) is 0 Å². The summed E-state index contributed by atoms with van der Waals surface area (Å²) in [7, 11) is 0. The second-order valence-electron chi connectivity index (χ2n) is 14.6. The van der Waals surface area contributed by atoms with E-state index in [0.29, 0.717) is 0 Å². The van der Waals surface area contributed by atoms with Crippen LogP contribution in [-0.2, 0) is 16.2 Å². The van der Waals surface area contributed by atoms with Gasteiger partial charge in [0.05, 0.1) is 0 Å². The number of benzene rings is 1. The lowest BCUT2D eigenvalue weighted by Gasteiger charge is -2.49. The fourth-order valence-corrected chi connectivity index (χ4v) is 5.16. The van der Waals surface area contributed by atoms with Crippen molar-refractivity contribution in [2.75, 3.05) is 0 Å². The highest BCUT2D eigenvalue weighted by molar-refractivity contribution is 5.58. The number of hydrogen-bond donors (Lipinski definition) is 0. The SMILES string of the molecule is Cc1c(C(C)(C)C(C)(C)C)c(C)c(C(C)(C)C(C)(C)C)c(C)c1C(C)(C)C(C)(C)C. The van der Waals surface area contributed by atoms with Crippen molar-refractivity contribution in [3.63, 3.8) is 0 Å². The van der Waals surface area contributed by atoms with E-state index in [1.165, 1.54) is 16.7 Å². The Kier molecular flexibility index (Phi) is 6.71. The lowest BCUT2D eigenvalue weighted by atomic mass is 9.55. The van der Waals surface area contributed by atoms with Gasteiger partial charge in [0.1, 0.15) is 0 Å². The van der Waals surface area contributed by atoms with Crippen LogP contribution in [0.5, 0.6) is 0 Å². The van der Waals surface area contributed by atoms with Gasteiger partial charge < -0.3 is 0 Å². The Morgan fingerprint density at radius 3 is 0.533 bits per heavy atom. The van der Waals surface area contributed by atoms with Crippen molar-refractivity contribution in [1.29, 1.82) is 0 Å². The fraction of sp³-hybridized carbons (Fsp3) is 0.800. The maximum atomic E-state index is 2.46. The molecule has 0 saturated heterocycles. The molecule has 0 nitrogen and oxygen atoms in total. The van der Waals surface area contributed by atoms with Gasteiger partial charge in [-0.1, -0.05) is 104 Å². The molecule has 0 atom stereocenters. The predicted molar refractivity (Wildman–Crippen MR) is 138 cm³/mol. The van der Waals surface area contributed by atoms with Crippen molar-refractivity contribution in [2.45, 2.75) is 141 Å². The van der Waals surface area contributed by atoms with Crippen LogP contribution in [0.1, 0.15) is 137 Å². The zero-order valence-electron chi connectivity index (χ0n) is 24.0. The Bertz CT molecular complexity index is 660. The summed E-state index contributed by atoms with van der Waals surface area (Å²) in [6, 6.07) is 0. The molecule has 0 saturated carbocycles. The monoisotopic (exact) mass is 414 g/mol. The van der Waals surface area contributed by atoms with Gasteiger partial charge >= 0.3 is 0 Å². The molecular weight excluding hydrogens is 360 g/mol. The molecule has 0 aliphatic heterocycles. The molecule has 0 aliphatic rings.